The molecular weight excluding hydrogens is 280 g/mol. The molecule has 0 amide bonds. The Labute approximate surface area is 119 Å². The van der Waals surface area contributed by atoms with Crippen molar-refractivity contribution in [3.8, 4) is 12.3 Å². The van der Waals surface area contributed by atoms with Gasteiger partial charge in [0, 0.05) is 18.0 Å². The fraction of sp³-hybridized carbons (Fsp3) is 0.385. The molecule has 0 aliphatic rings. The van der Waals surface area contributed by atoms with Gasteiger partial charge in [-0.15, -0.1) is 18.2 Å². The van der Waals surface area contributed by atoms with Gasteiger partial charge in [0.25, 0.3) is 0 Å². The van der Waals surface area contributed by atoms with Crippen molar-refractivity contribution in [2.45, 2.75) is 18.2 Å². The zero-order chi connectivity index (χ0) is 14.3. The van der Waals surface area contributed by atoms with Crippen molar-refractivity contribution in [3.63, 3.8) is 0 Å². The molecule has 0 heterocycles. The zero-order valence-corrected chi connectivity index (χ0v) is 12.5. The molecule has 0 bridgehead atoms. The highest BCUT2D eigenvalue weighted by molar-refractivity contribution is 7.99. The Morgan fingerprint density at radius 3 is 2.79 bits per heavy atom. The molecule has 0 saturated carbocycles. The van der Waals surface area contributed by atoms with Gasteiger partial charge in [-0.2, -0.15) is 0 Å². The second-order valence-electron chi connectivity index (χ2n) is 3.87. The Morgan fingerprint density at radius 2 is 2.21 bits per heavy atom. The lowest BCUT2D eigenvalue weighted by atomic mass is 10.1. The first-order valence-electron chi connectivity index (χ1n) is 5.90. The summed E-state index contributed by atoms with van der Waals surface area (Å²) in [5.41, 5.74) is 7.26. The molecule has 19 heavy (non-hydrogen) atoms. The molecule has 0 aliphatic carbocycles. The third kappa shape index (κ3) is 4.78. The van der Waals surface area contributed by atoms with E-state index in [4.69, 9.17) is 12.2 Å². The largest absolute Gasteiger partial charge is 0.398 e. The van der Waals surface area contributed by atoms with E-state index in [9.17, 15) is 8.42 Å². The number of nitrogen functional groups attached to an aromatic ring is 1. The maximum atomic E-state index is 12.0. The number of hydrogen-bond donors (Lipinski definition) is 2. The molecule has 0 fully saturated rings. The average molecular weight is 298 g/mol. The number of anilines is 1. The van der Waals surface area contributed by atoms with Gasteiger partial charge in [0.15, 0.2) is 0 Å². The quantitative estimate of drug-likeness (QED) is 0.454. The summed E-state index contributed by atoms with van der Waals surface area (Å²) in [6.45, 7) is 2.32. The molecule has 4 nitrogen and oxygen atoms in total. The molecule has 3 N–H and O–H groups in total. The van der Waals surface area contributed by atoms with E-state index in [1.165, 1.54) is 17.8 Å². The number of terminal acetylenes is 1. The third-order valence-corrected chi connectivity index (χ3v) is 4.85. The van der Waals surface area contributed by atoms with Gasteiger partial charge in [0.05, 0.1) is 10.6 Å². The van der Waals surface area contributed by atoms with Crippen LogP contribution in [0.25, 0.3) is 0 Å². The molecule has 0 atom stereocenters. The van der Waals surface area contributed by atoms with E-state index in [1.807, 2.05) is 6.92 Å². The Morgan fingerprint density at radius 1 is 1.47 bits per heavy atom. The molecule has 0 aromatic heterocycles. The van der Waals surface area contributed by atoms with Crippen molar-refractivity contribution in [2.75, 3.05) is 23.8 Å². The van der Waals surface area contributed by atoms with E-state index in [2.05, 4.69) is 10.6 Å². The van der Waals surface area contributed by atoms with Crippen molar-refractivity contribution in [1.29, 1.82) is 0 Å². The molecule has 1 aromatic rings. The lowest BCUT2D eigenvalue weighted by Gasteiger charge is -2.09. The second kappa shape index (κ2) is 7.43. The van der Waals surface area contributed by atoms with Crippen LogP contribution in [0.1, 0.15) is 12.5 Å². The molecule has 0 spiro atoms. The summed E-state index contributed by atoms with van der Waals surface area (Å²) in [7, 11) is -3.49. The predicted molar refractivity (Wildman–Crippen MR) is 81.6 cm³/mol. The van der Waals surface area contributed by atoms with E-state index in [-0.39, 0.29) is 4.90 Å². The molecule has 1 aromatic carbocycles. The van der Waals surface area contributed by atoms with Crippen molar-refractivity contribution in [2.24, 2.45) is 0 Å². The van der Waals surface area contributed by atoms with Gasteiger partial charge in [0.1, 0.15) is 0 Å². The van der Waals surface area contributed by atoms with E-state index < -0.39 is 10.0 Å². The number of nitrogens with two attached hydrogens (primary N) is 1. The van der Waals surface area contributed by atoms with Crippen LogP contribution in [0.4, 0.5) is 5.69 Å². The normalized spacial score (nSPS) is 11.2. The van der Waals surface area contributed by atoms with Crippen molar-refractivity contribution in [1.82, 2.24) is 4.72 Å². The van der Waals surface area contributed by atoms with Crippen LogP contribution in [-0.2, 0) is 16.4 Å². The summed E-state index contributed by atoms with van der Waals surface area (Å²) in [5, 5.41) is 0. The molecule has 1 rings (SSSR count). The monoisotopic (exact) mass is 298 g/mol. The first-order valence-corrected chi connectivity index (χ1v) is 8.54. The van der Waals surface area contributed by atoms with E-state index in [0.29, 0.717) is 23.7 Å². The van der Waals surface area contributed by atoms with Crippen LogP contribution in [0.15, 0.2) is 23.1 Å². The number of benzene rings is 1. The summed E-state index contributed by atoms with van der Waals surface area (Å²) < 4.78 is 26.5. The maximum Gasteiger partial charge on any atom is 0.240 e. The average Bonchev–Trinajstić information content (AvgIpc) is 2.38. The highest BCUT2D eigenvalue weighted by Gasteiger charge is 2.14. The van der Waals surface area contributed by atoms with Gasteiger partial charge in [0.2, 0.25) is 10.0 Å². The lowest BCUT2D eigenvalue weighted by Crippen LogP contribution is -2.26. The standard InChI is InChI=1S/C13H18N2O2S2/c1-3-8-18-9-7-15-19(16,17)12-6-5-11(4-2)13(14)10-12/h1,5-6,10,15H,4,7-9,14H2,2H3. The van der Waals surface area contributed by atoms with E-state index in [1.54, 1.807) is 12.1 Å². The first kappa shape index (κ1) is 15.9. The number of thioether (sulfide) groups is 1. The minimum absolute atomic E-state index is 0.198. The first-order chi connectivity index (χ1) is 9.01. The van der Waals surface area contributed by atoms with Crippen molar-refractivity contribution >= 4 is 27.5 Å². The third-order valence-electron chi connectivity index (χ3n) is 2.53. The number of sulfonamides is 1. The van der Waals surface area contributed by atoms with E-state index >= 15 is 0 Å². The number of aryl methyl sites for hydroxylation is 1. The predicted octanol–water partition coefficient (Wildman–Crippen LogP) is 1.48. The zero-order valence-electron chi connectivity index (χ0n) is 10.8. The number of nitrogens with one attached hydrogen (secondary N) is 1. The number of rotatable bonds is 7. The summed E-state index contributed by atoms with van der Waals surface area (Å²) in [6.07, 6.45) is 5.89. The van der Waals surface area contributed by atoms with Gasteiger partial charge in [-0.3, -0.25) is 0 Å². The molecule has 0 saturated heterocycles. The SMILES string of the molecule is C#CCSCCNS(=O)(=O)c1ccc(CC)c(N)c1. The van der Waals surface area contributed by atoms with Gasteiger partial charge in [-0.1, -0.05) is 18.9 Å². The Balaban J connectivity index is 2.67. The summed E-state index contributed by atoms with van der Waals surface area (Å²) in [6, 6.07) is 4.82. The summed E-state index contributed by atoms with van der Waals surface area (Å²) in [5.74, 6) is 3.71. The number of hydrogen-bond acceptors (Lipinski definition) is 4. The summed E-state index contributed by atoms with van der Waals surface area (Å²) in [4.78, 5) is 0.198. The van der Waals surface area contributed by atoms with Crippen LogP contribution in [-0.4, -0.2) is 26.5 Å². The van der Waals surface area contributed by atoms with Gasteiger partial charge >= 0.3 is 0 Å². The molecule has 0 unspecified atom stereocenters. The van der Waals surface area contributed by atoms with Crippen LogP contribution >= 0.6 is 11.8 Å². The van der Waals surface area contributed by atoms with Gasteiger partial charge in [-0.05, 0) is 24.1 Å². The van der Waals surface area contributed by atoms with E-state index in [0.717, 1.165) is 12.0 Å². The lowest BCUT2D eigenvalue weighted by molar-refractivity contribution is 0.584. The molecule has 104 valence electrons. The second-order valence-corrected chi connectivity index (χ2v) is 6.74. The fourth-order valence-corrected chi connectivity index (χ4v) is 3.23. The molecule has 0 radical (unpaired) electrons. The minimum Gasteiger partial charge on any atom is -0.398 e. The van der Waals surface area contributed by atoms with Crippen LogP contribution in [0, 0.1) is 12.3 Å². The van der Waals surface area contributed by atoms with Crippen LogP contribution in [0.2, 0.25) is 0 Å². The Hall–Kier alpha value is -1.16. The van der Waals surface area contributed by atoms with Crippen LogP contribution < -0.4 is 10.5 Å². The van der Waals surface area contributed by atoms with Crippen molar-refractivity contribution in [3.05, 3.63) is 23.8 Å². The van der Waals surface area contributed by atoms with Gasteiger partial charge in [-0.25, -0.2) is 13.1 Å². The topological polar surface area (TPSA) is 72.2 Å². The summed E-state index contributed by atoms with van der Waals surface area (Å²) >= 11 is 1.51. The molecule has 6 heteroatoms. The fourth-order valence-electron chi connectivity index (χ4n) is 1.52. The van der Waals surface area contributed by atoms with Crippen LogP contribution in [0.3, 0.4) is 0 Å². The Bertz CT molecular complexity index is 562. The Kier molecular flexibility index (Phi) is 6.22. The highest BCUT2D eigenvalue weighted by atomic mass is 32.2. The minimum atomic E-state index is -3.49. The van der Waals surface area contributed by atoms with Crippen LogP contribution in [0.5, 0.6) is 0 Å². The van der Waals surface area contributed by atoms with Crippen molar-refractivity contribution < 1.29 is 8.42 Å². The highest BCUT2D eigenvalue weighted by Crippen LogP contribution is 2.18. The smallest absolute Gasteiger partial charge is 0.240 e. The molecular formula is C13H18N2O2S2. The van der Waals surface area contributed by atoms with Gasteiger partial charge < -0.3 is 5.73 Å². The molecule has 0 aliphatic heterocycles. The maximum absolute atomic E-state index is 12.0.